The fourth-order valence-electron chi connectivity index (χ4n) is 1.86. The molecular formula is C16H19BrN4O. The van der Waals surface area contributed by atoms with Gasteiger partial charge in [-0.2, -0.15) is 0 Å². The molecule has 2 N–H and O–H groups in total. The van der Waals surface area contributed by atoms with Gasteiger partial charge in [-0.25, -0.2) is 0 Å². The predicted octanol–water partition coefficient (Wildman–Crippen LogP) is 3.63. The molecular weight excluding hydrogens is 344 g/mol. The maximum atomic E-state index is 12.0. The molecule has 0 atom stereocenters. The van der Waals surface area contributed by atoms with Gasteiger partial charge in [0, 0.05) is 11.0 Å². The van der Waals surface area contributed by atoms with Crippen LogP contribution in [0.15, 0.2) is 40.9 Å². The van der Waals surface area contributed by atoms with E-state index >= 15 is 0 Å². The highest BCUT2D eigenvalue weighted by Crippen LogP contribution is 2.12. The summed E-state index contributed by atoms with van der Waals surface area (Å²) in [6.45, 7) is 3.01. The number of benzene rings is 1. The molecule has 0 spiro atoms. The van der Waals surface area contributed by atoms with E-state index in [1.165, 1.54) is 0 Å². The standard InChI is InChI=1S/C16H19BrN4O/c1-2-3-10-18-14-8-9-15(21-20-14)19-16(22)11-12-4-6-13(17)7-5-12/h4-9H,2-3,10-11H2,1H3,(H,18,20)(H,19,21,22). The number of rotatable bonds is 7. The van der Waals surface area contributed by atoms with Crippen LogP contribution in [-0.4, -0.2) is 22.6 Å². The molecule has 5 nitrogen and oxygen atoms in total. The van der Waals surface area contributed by atoms with Crippen LogP contribution in [0, 0.1) is 0 Å². The molecule has 0 aliphatic rings. The summed E-state index contributed by atoms with van der Waals surface area (Å²) < 4.78 is 0.994. The van der Waals surface area contributed by atoms with Crippen molar-refractivity contribution in [1.29, 1.82) is 0 Å². The van der Waals surface area contributed by atoms with Gasteiger partial charge in [-0.1, -0.05) is 41.4 Å². The minimum atomic E-state index is -0.108. The van der Waals surface area contributed by atoms with Gasteiger partial charge in [0.05, 0.1) is 6.42 Å². The third kappa shape index (κ3) is 5.44. The van der Waals surface area contributed by atoms with Crippen LogP contribution < -0.4 is 10.6 Å². The van der Waals surface area contributed by atoms with Crippen LogP contribution >= 0.6 is 15.9 Å². The molecule has 0 aliphatic heterocycles. The second-order valence-corrected chi connectivity index (χ2v) is 5.85. The Morgan fingerprint density at radius 2 is 1.77 bits per heavy atom. The quantitative estimate of drug-likeness (QED) is 0.738. The van der Waals surface area contributed by atoms with Crippen molar-refractivity contribution in [3.05, 3.63) is 46.4 Å². The monoisotopic (exact) mass is 362 g/mol. The topological polar surface area (TPSA) is 66.9 Å². The number of halogens is 1. The second kappa shape index (κ2) is 8.48. The maximum absolute atomic E-state index is 12.0. The molecule has 0 unspecified atom stereocenters. The summed E-state index contributed by atoms with van der Waals surface area (Å²) in [7, 11) is 0. The Bertz CT molecular complexity index is 599. The maximum Gasteiger partial charge on any atom is 0.229 e. The molecule has 116 valence electrons. The Labute approximate surface area is 138 Å². The first-order valence-electron chi connectivity index (χ1n) is 7.29. The Balaban J connectivity index is 1.84. The average molecular weight is 363 g/mol. The number of nitrogens with one attached hydrogen (secondary N) is 2. The first kappa shape index (κ1) is 16.4. The zero-order valence-corrected chi connectivity index (χ0v) is 14.1. The molecule has 1 amide bonds. The van der Waals surface area contributed by atoms with Gasteiger partial charge in [0.15, 0.2) is 5.82 Å². The van der Waals surface area contributed by atoms with Gasteiger partial charge in [-0.3, -0.25) is 4.79 Å². The summed E-state index contributed by atoms with van der Waals surface area (Å²) in [6, 6.07) is 11.2. The largest absolute Gasteiger partial charge is 0.369 e. The van der Waals surface area contributed by atoms with Crippen LogP contribution in [0.2, 0.25) is 0 Å². The summed E-state index contributed by atoms with van der Waals surface area (Å²) in [5, 5.41) is 14.0. The predicted molar refractivity (Wildman–Crippen MR) is 91.9 cm³/mol. The number of aromatic nitrogens is 2. The molecule has 1 aromatic heterocycles. The molecule has 1 aromatic carbocycles. The van der Waals surface area contributed by atoms with Crippen molar-refractivity contribution in [2.24, 2.45) is 0 Å². The van der Waals surface area contributed by atoms with Crippen LogP contribution in [-0.2, 0) is 11.2 Å². The molecule has 1 heterocycles. The summed E-state index contributed by atoms with van der Waals surface area (Å²) in [4.78, 5) is 12.0. The lowest BCUT2D eigenvalue weighted by molar-refractivity contribution is -0.115. The number of unbranched alkanes of at least 4 members (excludes halogenated alkanes) is 1. The number of anilines is 2. The van der Waals surface area contributed by atoms with Crippen molar-refractivity contribution < 1.29 is 4.79 Å². The van der Waals surface area contributed by atoms with Gasteiger partial charge in [0.2, 0.25) is 5.91 Å². The van der Waals surface area contributed by atoms with E-state index in [2.05, 4.69) is 43.7 Å². The number of carbonyl (C=O) groups excluding carboxylic acids is 1. The Morgan fingerprint density at radius 3 is 2.41 bits per heavy atom. The van der Waals surface area contributed by atoms with Gasteiger partial charge in [0.1, 0.15) is 5.82 Å². The van der Waals surface area contributed by atoms with Crippen molar-refractivity contribution >= 4 is 33.5 Å². The van der Waals surface area contributed by atoms with Gasteiger partial charge >= 0.3 is 0 Å². The average Bonchev–Trinajstić information content (AvgIpc) is 2.51. The van der Waals surface area contributed by atoms with Gasteiger partial charge in [0.25, 0.3) is 0 Å². The van der Waals surface area contributed by atoms with Crippen molar-refractivity contribution in [2.75, 3.05) is 17.2 Å². The molecule has 0 saturated carbocycles. The van der Waals surface area contributed by atoms with E-state index in [9.17, 15) is 4.79 Å². The molecule has 0 saturated heterocycles. The van der Waals surface area contributed by atoms with Crippen LogP contribution in [0.4, 0.5) is 11.6 Å². The van der Waals surface area contributed by atoms with Crippen LogP contribution in [0.25, 0.3) is 0 Å². The fraction of sp³-hybridized carbons (Fsp3) is 0.312. The second-order valence-electron chi connectivity index (χ2n) is 4.94. The highest BCUT2D eigenvalue weighted by atomic mass is 79.9. The fourth-order valence-corrected chi connectivity index (χ4v) is 2.13. The van der Waals surface area contributed by atoms with Crippen LogP contribution in [0.1, 0.15) is 25.3 Å². The number of amides is 1. The Hall–Kier alpha value is -1.95. The molecule has 0 fully saturated rings. The third-order valence-electron chi connectivity index (χ3n) is 3.05. The van der Waals surface area contributed by atoms with E-state index in [1.807, 2.05) is 30.3 Å². The summed E-state index contributed by atoms with van der Waals surface area (Å²) in [6.07, 6.45) is 2.53. The molecule has 0 bridgehead atoms. The first-order valence-corrected chi connectivity index (χ1v) is 8.08. The highest BCUT2D eigenvalue weighted by Gasteiger charge is 2.05. The smallest absolute Gasteiger partial charge is 0.229 e. The van der Waals surface area contributed by atoms with Crippen molar-refractivity contribution in [3.63, 3.8) is 0 Å². The van der Waals surface area contributed by atoms with Gasteiger partial charge in [-0.15, -0.1) is 10.2 Å². The highest BCUT2D eigenvalue weighted by molar-refractivity contribution is 9.10. The summed E-state index contributed by atoms with van der Waals surface area (Å²) >= 11 is 3.37. The molecule has 2 rings (SSSR count). The Morgan fingerprint density at radius 1 is 1.09 bits per heavy atom. The van der Waals surface area contributed by atoms with E-state index in [-0.39, 0.29) is 5.91 Å². The van der Waals surface area contributed by atoms with Crippen molar-refractivity contribution in [1.82, 2.24) is 10.2 Å². The Kier molecular flexibility index (Phi) is 6.33. The lowest BCUT2D eigenvalue weighted by atomic mass is 10.1. The number of carbonyl (C=O) groups is 1. The number of nitrogens with zero attached hydrogens (tertiary/aromatic N) is 2. The zero-order chi connectivity index (χ0) is 15.8. The molecule has 2 aromatic rings. The van der Waals surface area contributed by atoms with Gasteiger partial charge < -0.3 is 10.6 Å². The van der Waals surface area contributed by atoms with Crippen molar-refractivity contribution in [2.45, 2.75) is 26.2 Å². The first-order chi connectivity index (χ1) is 10.7. The number of hydrogen-bond acceptors (Lipinski definition) is 4. The van der Waals surface area contributed by atoms with E-state index < -0.39 is 0 Å². The molecule has 0 radical (unpaired) electrons. The molecule has 6 heteroatoms. The lowest BCUT2D eigenvalue weighted by Gasteiger charge is -2.06. The van der Waals surface area contributed by atoms with Crippen LogP contribution in [0.3, 0.4) is 0 Å². The molecule has 22 heavy (non-hydrogen) atoms. The summed E-state index contributed by atoms with van der Waals surface area (Å²) in [5.41, 5.74) is 0.950. The normalized spacial score (nSPS) is 10.3. The SMILES string of the molecule is CCCCNc1ccc(NC(=O)Cc2ccc(Br)cc2)nn1. The van der Waals surface area contributed by atoms with E-state index in [1.54, 1.807) is 6.07 Å². The van der Waals surface area contributed by atoms with E-state index in [4.69, 9.17) is 0 Å². The van der Waals surface area contributed by atoms with Crippen molar-refractivity contribution in [3.8, 4) is 0 Å². The minimum absolute atomic E-state index is 0.108. The lowest BCUT2D eigenvalue weighted by Crippen LogP contribution is -2.16. The minimum Gasteiger partial charge on any atom is -0.369 e. The van der Waals surface area contributed by atoms with Gasteiger partial charge in [-0.05, 0) is 36.2 Å². The molecule has 0 aliphatic carbocycles. The number of hydrogen-bond donors (Lipinski definition) is 2. The van der Waals surface area contributed by atoms with E-state index in [0.29, 0.717) is 12.2 Å². The summed E-state index contributed by atoms with van der Waals surface area (Å²) in [5.74, 6) is 1.07. The third-order valence-corrected chi connectivity index (χ3v) is 3.58. The zero-order valence-electron chi connectivity index (χ0n) is 12.5. The van der Waals surface area contributed by atoms with Crippen LogP contribution in [0.5, 0.6) is 0 Å². The van der Waals surface area contributed by atoms with E-state index in [0.717, 1.165) is 35.2 Å².